The van der Waals surface area contributed by atoms with Crippen molar-refractivity contribution in [3.63, 3.8) is 0 Å². The number of carboxylic acid groups (broad SMARTS) is 1. The Morgan fingerprint density at radius 2 is 2.25 bits per heavy atom. The van der Waals surface area contributed by atoms with Crippen LogP contribution >= 0.6 is 0 Å². The summed E-state index contributed by atoms with van der Waals surface area (Å²) in [5, 5.41) is 20.9. The van der Waals surface area contributed by atoms with Gasteiger partial charge in [-0.25, -0.2) is 4.98 Å². The normalized spacial score (nSPS) is 12.8. The molecule has 1 aliphatic rings. The molecule has 1 aliphatic carbocycles. The van der Waals surface area contributed by atoms with Gasteiger partial charge in [0.2, 0.25) is 0 Å². The van der Waals surface area contributed by atoms with Gasteiger partial charge in [0.25, 0.3) is 0 Å². The Morgan fingerprint density at radius 3 is 3.00 bits per heavy atom. The summed E-state index contributed by atoms with van der Waals surface area (Å²) in [6.45, 7) is 0.722. The van der Waals surface area contributed by atoms with Crippen molar-refractivity contribution in [1.29, 1.82) is 5.26 Å². The van der Waals surface area contributed by atoms with Crippen LogP contribution in [-0.2, 0) is 17.6 Å². The summed E-state index contributed by atoms with van der Waals surface area (Å²) in [5.74, 6) is -0.0728. The average Bonchev–Trinajstić information content (AvgIpc) is 2.88. The lowest BCUT2D eigenvalue weighted by molar-refractivity contribution is -0.137. The van der Waals surface area contributed by atoms with Crippen molar-refractivity contribution in [2.24, 2.45) is 0 Å². The van der Waals surface area contributed by atoms with Crippen LogP contribution in [0.4, 0.5) is 5.82 Å². The molecule has 0 aromatic carbocycles. The molecule has 0 aliphatic heterocycles. The van der Waals surface area contributed by atoms with E-state index in [0.717, 1.165) is 44.3 Å². The number of carbonyl (C=O) groups is 1. The summed E-state index contributed by atoms with van der Waals surface area (Å²) in [6, 6.07) is 4.14. The van der Waals surface area contributed by atoms with Gasteiger partial charge >= 0.3 is 5.97 Å². The monoisotopic (exact) mass is 273 g/mol. The van der Waals surface area contributed by atoms with Gasteiger partial charge in [-0.15, -0.1) is 0 Å². The summed E-state index contributed by atoms with van der Waals surface area (Å²) in [6.07, 6.45) is 5.80. The smallest absolute Gasteiger partial charge is 0.303 e. The van der Waals surface area contributed by atoms with Crippen molar-refractivity contribution in [2.45, 2.75) is 44.9 Å². The molecule has 2 N–H and O–H groups in total. The molecule has 20 heavy (non-hydrogen) atoms. The highest BCUT2D eigenvalue weighted by Crippen LogP contribution is 2.24. The molecule has 0 spiro atoms. The number of aliphatic carboxylic acids is 1. The minimum atomic E-state index is -0.745. The van der Waals surface area contributed by atoms with E-state index in [1.807, 2.05) is 6.07 Å². The van der Waals surface area contributed by atoms with Gasteiger partial charge in [-0.1, -0.05) is 6.42 Å². The first-order valence-electron chi connectivity index (χ1n) is 7.09. The standard InChI is InChI=1S/C15H19N3O2/c16-10-12-9-11-5-4-6-13(11)18-15(12)17-8-3-1-2-7-14(19)20/h9H,1-8H2,(H,17,18)(H,19,20). The van der Waals surface area contributed by atoms with E-state index in [-0.39, 0.29) is 6.42 Å². The first-order chi connectivity index (χ1) is 9.70. The molecule has 1 heterocycles. The number of hydrogen-bond donors (Lipinski definition) is 2. The van der Waals surface area contributed by atoms with Crippen molar-refractivity contribution >= 4 is 11.8 Å². The van der Waals surface area contributed by atoms with Crippen molar-refractivity contribution in [3.8, 4) is 6.07 Å². The first kappa shape index (κ1) is 14.3. The van der Waals surface area contributed by atoms with Crippen LogP contribution in [-0.4, -0.2) is 22.6 Å². The van der Waals surface area contributed by atoms with Gasteiger partial charge in [-0.3, -0.25) is 4.79 Å². The Labute approximate surface area is 118 Å². The Bertz CT molecular complexity index is 535. The van der Waals surface area contributed by atoms with Gasteiger partial charge in [0.1, 0.15) is 11.9 Å². The molecule has 1 aromatic heterocycles. The molecule has 0 fully saturated rings. The van der Waals surface area contributed by atoms with Crippen LogP contribution in [0.3, 0.4) is 0 Å². The fraction of sp³-hybridized carbons (Fsp3) is 0.533. The van der Waals surface area contributed by atoms with Crippen molar-refractivity contribution in [3.05, 3.63) is 22.9 Å². The number of rotatable bonds is 7. The molecule has 5 heteroatoms. The molecule has 1 aromatic rings. The fourth-order valence-electron chi connectivity index (χ4n) is 2.48. The SMILES string of the molecule is N#Cc1cc2c(nc1NCCCCCC(=O)O)CCC2. The Balaban J connectivity index is 1.84. The first-order valence-corrected chi connectivity index (χ1v) is 7.09. The van der Waals surface area contributed by atoms with Crippen LogP contribution in [0, 0.1) is 11.3 Å². The van der Waals surface area contributed by atoms with Crippen molar-refractivity contribution < 1.29 is 9.90 Å². The predicted molar refractivity (Wildman–Crippen MR) is 75.6 cm³/mol. The summed E-state index contributed by atoms with van der Waals surface area (Å²) in [5.41, 5.74) is 2.92. The van der Waals surface area contributed by atoms with E-state index in [2.05, 4.69) is 16.4 Å². The molecule has 0 saturated carbocycles. The van der Waals surface area contributed by atoms with Crippen LogP contribution in [0.2, 0.25) is 0 Å². The van der Waals surface area contributed by atoms with Crippen molar-refractivity contribution in [1.82, 2.24) is 4.98 Å². The third kappa shape index (κ3) is 3.70. The van der Waals surface area contributed by atoms with E-state index >= 15 is 0 Å². The topological polar surface area (TPSA) is 86.0 Å². The van der Waals surface area contributed by atoms with E-state index in [4.69, 9.17) is 10.4 Å². The number of pyridine rings is 1. The lowest BCUT2D eigenvalue weighted by atomic mass is 10.1. The van der Waals surface area contributed by atoms with Gasteiger partial charge < -0.3 is 10.4 Å². The maximum absolute atomic E-state index is 10.4. The fourth-order valence-corrected chi connectivity index (χ4v) is 2.48. The van der Waals surface area contributed by atoms with Gasteiger partial charge in [-0.05, 0) is 43.7 Å². The zero-order chi connectivity index (χ0) is 14.4. The number of nitrogens with one attached hydrogen (secondary N) is 1. The Morgan fingerprint density at radius 1 is 1.40 bits per heavy atom. The summed E-state index contributed by atoms with van der Waals surface area (Å²) in [7, 11) is 0. The van der Waals surface area contributed by atoms with Gasteiger partial charge in [0, 0.05) is 18.7 Å². The van der Waals surface area contributed by atoms with Crippen LogP contribution in [0.25, 0.3) is 0 Å². The van der Waals surface area contributed by atoms with Crippen LogP contribution < -0.4 is 5.32 Å². The number of aromatic nitrogens is 1. The zero-order valence-electron chi connectivity index (χ0n) is 11.5. The maximum atomic E-state index is 10.4. The molecular formula is C15H19N3O2. The number of aryl methyl sites for hydroxylation is 2. The molecule has 0 bridgehead atoms. The second-order valence-electron chi connectivity index (χ2n) is 5.09. The molecule has 0 saturated heterocycles. The van der Waals surface area contributed by atoms with Gasteiger partial charge in [0.05, 0.1) is 5.56 Å². The molecule has 0 atom stereocenters. The highest BCUT2D eigenvalue weighted by atomic mass is 16.4. The number of carboxylic acids is 1. The second-order valence-corrected chi connectivity index (χ2v) is 5.09. The number of nitrogens with zero attached hydrogens (tertiary/aromatic N) is 2. The number of nitriles is 1. The zero-order valence-corrected chi connectivity index (χ0v) is 11.5. The van der Waals surface area contributed by atoms with E-state index in [0.29, 0.717) is 17.8 Å². The van der Waals surface area contributed by atoms with E-state index < -0.39 is 5.97 Å². The highest BCUT2D eigenvalue weighted by Gasteiger charge is 2.16. The van der Waals surface area contributed by atoms with E-state index in [9.17, 15) is 4.79 Å². The third-order valence-electron chi connectivity index (χ3n) is 3.53. The van der Waals surface area contributed by atoms with Crippen LogP contribution in [0.1, 0.15) is 48.9 Å². The summed E-state index contributed by atoms with van der Waals surface area (Å²) in [4.78, 5) is 14.9. The third-order valence-corrected chi connectivity index (χ3v) is 3.53. The molecule has 0 unspecified atom stereocenters. The minimum Gasteiger partial charge on any atom is -0.481 e. The van der Waals surface area contributed by atoms with Crippen molar-refractivity contribution in [2.75, 3.05) is 11.9 Å². The molecule has 0 amide bonds. The molecule has 106 valence electrons. The van der Waals surface area contributed by atoms with Gasteiger partial charge in [0.15, 0.2) is 0 Å². The lowest BCUT2D eigenvalue weighted by Gasteiger charge is -2.09. The minimum absolute atomic E-state index is 0.223. The number of fused-ring (bicyclic) bond motifs is 1. The van der Waals surface area contributed by atoms with E-state index in [1.165, 1.54) is 5.56 Å². The Hall–Kier alpha value is -2.09. The number of anilines is 1. The summed E-state index contributed by atoms with van der Waals surface area (Å²) < 4.78 is 0. The maximum Gasteiger partial charge on any atom is 0.303 e. The Kier molecular flexibility index (Phi) is 4.94. The number of hydrogen-bond acceptors (Lipinski definition) is 4. The number of unbranched alkanes of at least 4 members (excludes halogenated alkanes) is 2. The van der Waals surface area contributed by atoms with Gasteiger partial charge in [-0.2, -0.15) is 5.26 Å². The van der Waals surface area contributed by atoms with Crippen LogP contribution in [0.15, 0.2) is 6.07 Å². The summed E-state index contributed by atoms with van der Waals surface area (Å²) >= 11 is 0. The highest BCUT2D eigenvalue weighted by molar-refractivity contribution is 5.66. The molecular weight excluding hydrogens is 254 g/mol. The average molecular weight is 273 g/mol. The molecule has 0 radical (unpaired) electrons. The lowest BCUT2D eigenvalue weighted by Crippen LogP contribution is -2.07. The largest absolute Gasteiger partial charge is 0.481 e. The predicted octanol–water partition coefficient (Wildman–Crippen LogP) is 2.50. The molecule has 5 nitrogen and oxygen atoms in total. The van der Waals surface area contributed by atoms with Crippen LogP contribution in [0.5, 0.6) is 0 Å². The van der Waals surface area contributed by atoms with E-state index in [1.54, 1.807) is 0 Å². The second kappa shape index (κ2) is 6.90. The quantitative estimate of drug-likeness (QED) is 0.745. The molecule has 2 rings (SSSR count).